The first-order chi connectivity index (χ1) is 7.52. The first-order valence-electron chi connectivity index (χ1n) is 4.05. The van der Waals surface area contributed by atoms with Gasteiger partial charge in [0.15, 0.2) is 5.25 Å². The van der Waals surface area contributed by atoms with Crippen molar-refractivity contribution in [3.63, 3.8) is 0 Å². The van der Waals surface area contributed by atoms with Gasteiger partial charge in [0.05, 0.1) is 19.2 Å². The van der Waals surface area contributed by atoms with Gasteiger partial charge < -0.3 is 26.8 Å². The van der Waals surface area contributed by atoms with Crippen LogP contribution in [-0.4, -0.2) is 58.3 Å². The fourth-order valence-electron chi connectivity index (χ4n) is 0.479. The lowest BCUT2D eigenvalue weighted by Gasteiger charge is -2.04. The molecule has 0 fully saturated rings. The van der Waals surface area contributed by atoms with Crippen LogP contribution < -0.4 is 11.5 Å². The van der Waals surface area contributed by atoms with Crippen LogP contribution in [0.25, 0.3) is 0 Å². The number of carbonyl (C=O) groups is 2. The number of aliphatic hydroxyl groups excluding tert-OH is 1. The fourth-order valence-corrected chi connectivity index (χ4v) is 1.09. The molecule has 0 aromatic heterocycles. The molecule has 11 heteroatoms. The van der Waals surface area contributed by atoms with Crippen LogP contribution in [0.3, 0.4) is 0 Å². The number of nitrogens with two attached hydrogens (primary N) is 2. The highest BCUT2D eigenvalue weighted by atomic mass is 32.2. The van der Waals surface area contributed by atoms with Gasteiger partial charge in [-0.15, -0.1) is 0 Å². The van der Waals surface area contributed by atoms with E-state index in [0.29, 0.717) is 0 Å². The molecule has 0 saturated carbocycles. The molecule has 0 aromatic rings. The smallest absolute Gasteiger partial charge is 0.325 e. The normalized spacial score (nSPS) is 12.5. The van der Waals surface area contributed by atoms with E-state index in [1.807, 2.05) is 0 Å². The van der Waals surface area contributed by atoms with Crippen molar-refractivity contribution in [3.05, 3.63) is 0 Å². The summed E-state index contributed by atoms with van der Waals surface area (Å²) in [4.78, 5) is 20.0. The third-order valence-electron chi connectivity index (χ3n) is 1.21. The Morgan fingerprint density at radius 2 is 1.53 bits per heavy atom. The second kappa shape index (κ2) is 7.92. The third-order valence-corrected chi connectivity index (χ3v) is 2.29. The second-order valence-electron chi connectivity index (χ2n) is 2.79. The van der Waals surface area contributed by atoms with E-state index in [0.717, 1.165) is 0 Å². The minimum absolute atomic E-state index is 0.139. The maximum atomic E-state index is 10.2. The molecule has 0 heterocycles. The Labute approximate surface area is 96.6 Å². The Morgan fingerprint density at radius 1 is 1.18 bits per heavy atom. The van der Waals surface area contributed by atoms with Gasteiger partial charge in [-0.05, 0) is 0 Å². The largest absolute Gasteiger partial charge is 0.481 e. The summed E-state index contributed by atoms with van der Waals surface area (Å²) in [5, 5.41) is 21.8. The van der Waals surface area contributed by atoms with Crippen molar-refractivity contribution in [1.29, 1.82) is 0 Å². The van der Waals surface area contributed by atoms with Gasteiger partial charge in [0.2, 0.25) is 0 Å². The van der Waals surface area contributed by atoms with Crippen LogP contribution in [0.5, 0.6) is 0 Å². The standard InChI is InChI=1S/C4H6O7S.C2H8N2O/c5-3(6)1-2(4(7)8)12(9,10)11;3-2(4)1-5/h2H,1H2,(H,5,6)(H,7,8)(H,9,10,11);2,5H,1,3-4H2. The molecule has 10 nitrogen and oxygen atoms in total. The van der Waals surface area contributed by atoms with Crippen LogP contribution in [0.1, 0.15) is 6.42 Å². The third kappa shape index (κ3) is 11.0. The molecule has 0 spiro atoms. The molecule has 0 saturated heterocycles. The van der Waals surface area contributed by atoms with Crippen molar-refractivity contribution >= 4 is 22.1 Å². The molecule has 0 aliphatic heterocycles. The predicted octanol–water partition coefficient (Wildman–Crippen LogP) is -2.98. The fraction of sp³-hybridized carbons (Fsp3) is 0.667. The van der Waals surface area contributed by atoms with E-state index in [4.69, 9.17) is 31.3 Å². The van der Waals surface area contributed by atoms with E-state index in [9.17, 15) is 18.0 Å². The molecular weight excluding hydrogens is 260 g/mol. The van der Waals surface area contributed by atoms with Gasteiger partial charge >= 0.3 is 11.9 Å². The van der Waals surface area contributed by atoms with Crippen molar-refractivity contribution < 1.29 is 37.9 Å². The van der Waals surface area contributed by atoms with Crippen LogP contribution in [-0.2, 0) is 19.7 Å². The van der Waals surface area contributed by atoms with E-state index >= 15 is 0 Å². The SMILES string of the molecule is NC(N)CO.O=C(O)CC(C(=O)O)S(=O)(=O)O. The molecule has 102 valence electrons. The number of aliphatic carboxylic acids is 2. The van der Waals surface area contributed by atoms with Crippen LogP contribution in [0.2, 0.25) is 0 Å². The van der Waals surface area contributed by atoms with E-state index < -0.39 is 39.9 Å². The van der Waals surface area contributed by atoms with Crippen molar-refractivity contribution in [2.45, 2.75) is 17.8 Å². The Kier molecular flexibility index (Phi) is 8.43. The predicted molar refractivity (Wildman–Crippen MR) is 54.5 cm³/mol. The molecule has 0 amide bonds. The number of carboxylic acids is 2. The summed E-state index contributed by atoms with van der Waals surface area (Å²) in [7, 11) is -4.84. The van der Waals surface area contributed by atoms with E-state index in [1.165, 1.54) is 0 Å². The first kappa shape index (κ1) is 18.1. The minimum Gasteiger partial charge on any atom is -0.481 e. The van der Waals surface area contributed by atoms with Crippen molar-refractivity contribution in [1.82, 2.24) is 0 Å². The summed E-state index contributed by atoms with van der Waals surface area (Å²) in [5.41, 5.74) is 9.64. The summed E-state index contributed by atoms with van der Waals surface area (Å²) in [6.45, 7) is -0.139. The molecular formula is C6H14N2O8S. The van der Waals surface area contributed by atoms with E-state index in [-0.39, 0.29) is 6.61 Å². The van der Waals surface area contributed by atoms with E-state index in [1.54, 1.807) is 0 Å². The van der Waals surface area contributed by atoms with Crippen molar-refractivity contribution in [3.8, 4) is 0 Å². The average Bonchev–Trinajstić information content (AvgIpc) is 2.12. The Morgan fingerprint density at radius 3 is 1.59 bits per heavy atom. The Hall–Kier alpha value is -1.27. The molecule has 0 aromatic carbocycles. The van der Waals surface area contributed by atoms with Gasteiger partial charge in [0.25, 0.3) is 10.1 Å². The highest BCUT2D eigenvalue weighted by molar-refractivity contribution is 7.87. The van der Waals surface area contributed by atoms with Gasteiger partial charge in [0, 0.05) is 0 Å². The summed E-state index contributed by atoms with van der Waals surface area (Å²) >= 11 is 0. The molecule has 8 N–H and O–H groups in total. The second-order valence-corrected chi connectivity index (χ2v) is 4.39. The highest BCUT2D eigenvalue weighted by Crippen LogP contribution is 2.04. The molecule has 0 aliphatic rings. The zero-order chi connectivity index (χ0) is 14.2. The van der Waals surface area contributed by atoms with Gasteiger partial charge in [-0.3, -0.25) is 14.1 Å². The Bertz CT molecular complexity index is 351. The summed E-state index contributed by atoms with van der Waals surface area (Å²) in [6, 6.07) is 0. The van der Waals surface area contributed by atoms with Crippen LogP contribution in [0, 0.1) is 0 Å². The number of hydrogen-bond acceptors (Lipinski definition) is 7. The lowest BCUT2D eigenvalue weighted by molar-refractivity contribution is -0.143. The number of aliphatic hydroxyl groups is 1. The van der Waals surface area contributed by atoms with Crippen LogP contribution in [0.15, 0.2) is 0 Å². The first-order valence-corrected chi connectivity index (χ1v) is 5.55. The molecule has 0 bridgehead atoms. The van der Waals surface area contributed by atoms with Crippen molar-refractivity contribution in [2.75, 3.05) is 6.61 Å². The van der Waals surface area contributed by atoms with Gasteiger partial charge in [-0.2, -0.15) is 8.42 Å². The average molecular weight is 274 g/mol. The Balaban J connectivity index is 0. The molecule has 0 aliphatic carbocycles. The summed E-state index contributed by atoms with van der Waals surface area (Å²) < 4.78 is 28.7. The number of carboxylic acid groups (broad SMARTS) is 2. The van der Waals surface area contributed by atoms with Gasteiger partial charge in [0.1, 0.15) is 0 Å². The van der Waals surface area contributed by atoms with Crippen molar-refractivity contribution in [2.24, 2.45) is 11.5 Å². The summed E-state index contributed by atoms with van der Waals surface area (Å²) in [5.74, 6) is -3.50. The van der Waals surface area contributed by atoms with Gasteiger partial charge in [-0.1, -0.05) is 0 Å². The topological polar surface area (TPSA) is 201 Å². The molecule has 1 atom stereocenters. The van der Waals surface area contributed by atoms with Crippen LogP contribution >= 0.6 is 0 Å². The molecule has 0 rings (SSSR count). The maximum Gasteiger partial charge on any atom is 0.325 e. The van der Waals surface area contributed by atoms with E-state index in [2.05, 4.69) is 0 Å². The number of hydrogen-bond donors (Lipinski definition) is 6. The van der Waals surface area contributed by atoms with Gasteiger partial charge in [-0.25, -0.2) is 0 Å². The maximum absolute atomic E-state index is 10.2. The summed E-state index contributed by atoms with van der Waals surface area (Å²) in [6.07, 6.45) is -1.72. The lowest BCUT2D eigenvalue weighted by Crippen LogP contribution is -2.33. The molecule has 17 heavy (non-hydrogen) atoms. The molecule has 0 radical (unpaired) electrons. The van der Waals surface area contributed by atoms with Crippen LogP contribution in [0.4, 0.5) is 0 Å². The lowest BCUT2D eigenvalue weighted by atomic mass is 10.3. The zero-order valence-corrected chi connectivity index (χ0v) is 9.37. The monoisotopic (exact) mass is 274 g/mol. The number of rotatable bonds is 5. The highest BCUT2D eigenvalue weighted by Gasteiger charge is 2.33. The molecule has 1 unspecified atom stereocenters. The quantitative estimate of drug-likeness (QED) is 0.222. The minimum atomic E-state index is -4.84. The zero-order valence-electron chi connectivity index (χ0n) is 8.55.